The predicted molar refractivity (Wildman–Crippen MR) is 110 cm³/mol. The van der Waals surface area contributed by atoms with Gasteiger partial charge in [-0.2, -0.15) is 0 Å². The predicted octanol–water partition coefficient (Wildman–Crippen LogP) is 6.14. The average molecular weight is 443 g/mol. The van der Waals surface area contributed by atoms with E-state index in [4.69, 9.17) is 14.2 Å². The molecule has 144 valence electrons. The SMILES string of the molecule is CC(C)(C)OC(=O)Oc1ccc2cccc(Br)c2c1C(=O)Oc1ccccc1. The normalized spacial score (nSPS) is 11.1. The molecule has 0 aliphatic heterocycles. The first-order chi connectivity index (χ1) is 13.2. The quantitative estimate of drug-likeness (QED) is 0.277. The number of carbonyl (C=O) groups is 2. The maximum Gasteiger partial charge on any atom is 0.514 e. The van der Waals surface area contributed by atoms with E-state index < -0.39 is 17.7 Å². The van der Waals surface area contributed by atoms with Gasteiger partial charge < -0.3 is 14.2 Å². The second-order valence-electron chi connectivity index (χ2n) is 7.05. The topological polar surface area (TPSA) is 61.8 Å². The molecule has 0 aromatic heterocycles. The lowest BCUT2D eigenvalue weighted by molar-refractivity contribution is 0.0204. The summed E-state index contributed by atoms with van der Waals surface area (Å²) in [7, 11) is 0. The molecule has 0 heterocycles. The number of hydrogen-bond acceptors (Lipinski definition) is 5. The van der Waals surface area contributed by atoms with Crippen LogP contribution in [0.3, 0.4) is 0 Å². The molecule has 3 aromatic carbocycles. The van der Waals surface area contributed by atoms with Crippen LogP contribution in [0.5, 0.6) is 11.5 Å². The van der Waals surface area contributed by atoms with Gasteiger partial charge in [-0.3, -0.25) is 0 Å². The van der Waals surface area contributed by atoms with Crippen LogP contribution in [0.1, 0.15) is 31.1 Å². The van der Waals surface area contributed by atoms with Gasteiger partial charge in [0.25, 0.3) is 0 Å². The van der Waals surface area contributed by atoms with Gasteiger partial charge in [0.2, 0.25) is 0 Å². The summed E-state index contributed by atoms with van der Waals surface area (Å²) in [4.78, 5) is 25.2. The maximum absolute atomic E-state index is 13.0. The minimum absolute atomic E-state index is 0.0644. The van der Waals surface area contributed by atoms with Crippen molar-refractivity contribution in [1.82, 2.24) is 0 Å². The van der Waals surface area contributed by atoms with Crippen molar-refractivity contribution in [3.05, 3.63) is 70.7 Å². The molecule has 0 fully saturated rings. The van der Waals surface area contributed by atoms with Crippen molar-refractivity contribution in [3.63, 3.8) is 0 Å². The van der Waals surface area contributed by atoms with Crippen LogP contribution in [0, 0.1) is 0 Å². The van der Waals surface area contributed by atoms with Crippen molar-refractivity contribution < 1.29 is 23.8 Å². The van der Waals surface area contributed by atoms with Crippen molar-refractivity contribution in [1.29, 1.82) is 0 Å². The lowest BCUT2D eigenvalue weighted by Crippen LogP contribution is -2.26. The van der Waals surface area contributed by atoms with E-state index in [1.165, 1.54) is 0 Å². The Labute approximate surface area is 171 Å². The number of rotatable bonds is 3. The van der Waals surface area contributed by atoms with E-state index in [0.717, 1.165) is 5.39 Å². The van der Waals surface area contributed by atoms with Crippen LogP contribution in [-0.2, 0) is 4.74 Å². The van der Waals surface area contributed by atoms with Crippen LogP contribution in [0.2, 0.25) is 0 Å². The minimum atomic E-state index is -0.896. The Morgan fingerprint density at radius 1 is 0.857 bits per heavy atom. The average Bonchev–Trinajstić information content (AvgIpc) is 2.61. The molecular formula is C22H19BrO5. The highest BCUT2D eigenvalue weighted by Crippen LogP contribution is 2.34. The zero-order valence-electron chi connectivity index (χ0n) is 15.7. The smallest absolute Gasteiger partial charge is 0.428 e. The third-order valence-corrected chi connectivity index (χ3v) is 4.36. The number of carbonyl (C=O) groups excluding carboxylic acids is 2. The van der Waals surface area contributed by atoms with Gasteiger partial charge in [0, 0.05) is 9.86 Å². The fraction of sp³-hybridized carbons (Fsp3) is 0.182. The number of hydrogen-bond donors (Lipinski definition) is 0. The van der Waals surface area contributed by atoms with Gasteiger partial charge in [0.15, 0.2) is 0 Å². The van der Waals surface area contributed by atoms with Gasteiger partial charge in [-0.1, -0.05) is 52.3 Å². The van der Waals surface area contributed by atoms with Gasteiger partial charge in [-0.15, -0.1) is 0 Å². The highest BCUT2D eigenvalue weighted by molar-refractivity contribution is 9.10. The van der Waals surface area contributed by atoms with Gasteiger partial charge in [-0.05, 0) is 50.4 Å². The van der Waals surface area contributed by atoms with Crippen molar-refractivity contribution in [2.45, 2.75) is 26.4 Å². The standard InChI is InChI=1S/C22H19BrO5/c1-22(2,3)28-21(25)27-17-13-12-14-8-7-11-16(23)18(14)19(17)20(24)26-15-9-5-4-6-10-15/h4-13H,1-3H3. The summed E-state index contributed by atoms with van der Waals surface area (Å²) in [5, 5.41) is 1.38. The van der Waals surface area contributed by atoms with Gasteiger partial charge in [-0.25, -0.2) is 9.59 Å². The summed E-state index contributed by atoms with van der Waals surface area (Å²) >= 11 is 3.47. The van der Waals surface area contributed by atoms with E-state index in [0.29, 0.717) is 15.6 Å². The summed E-state index contributed by atoms with van der Waals surface area (Å²) in [6, 6.07) is 17.5. The van der Waals surface area contributed by atoms with E-state index in [1.54, 1.807) is 63.2 Å². The number of esters is 1. The molecule has 0 amide bonds. The Morgan fingerprint density at radius 2 is 1.57 bits per heavy atom. The minimum Gasteiger partial charge on any atom is -0.428 e. The molecule has 0 saturated heterocycles. The molecule has 28 heavy (non-hydrogen) atoms. The first kappa shape index (κ1) is 19.9. The molecule has 0 aliphatic rings. The number of ether oxygens (including phenoxy) is 3. The van der Waals surface area contributed by atoms with E-state index in [2.05, 4.69) is 15.9 Å². The first-order valence-electron chi connectivity index (χ1n) is 8.64. The summed E-state index contributed by atoms with van der Waals surface area (Å²) in [6.45, 7) is 5.20. The van der Waals surface area contributed by atoms with Crippen LogP contribution < -0.4 is 9.47 Å². The summed E-state index contributed by atoms with van der Waals surface area (Å²) in [6.07, 6.45) is -0.896. The van der Waals surface area contributed by atoms with Crippen molar-refractivity contribution >= 4 is 38.8 Å². The molecule has 3 rings (SSSR count). The Kier molecular flexibility index (Phi) is 5.70. The Hall–Kier alpha value is -2.86. The van der Waals surface area contributed by atoms with Gasteiger partial charge >= 0.3 is 12.1 Å². The third-order valence-electron chi connectivity index (χ3n) is 3.70. The number of benzene rings is 3. The summed E-state index contributed by atoms with van der Waals surface area (Å²) in [5.74, 6) is -0.184. The van der Waals surface area contributed by atoms with Gasteiger partial charge in [0.05, 0.1) is 0 Å². The lowest BCUT2D eigenvalue weighted by Gasteiger charge is -2.19. The molecule has 0 radical (unpaired) electrons. The van der Waals surface area contributed by atoms with Crippen molar-refractivity contribution in [2.24, 2.45) is 0 Å². The molecule has 0 bridgehead atoms. The molecule has 0 N–H and O–H groups in total. The zero-order valence-corrected chi connectivity index (χ0v) is 17.3. The molecule has 0 spiro atoms. The fourth-order valence-electron chi connectivity index (χ4n) is 2.61. The van der Waals surface area contributed by atoms with E-state index >= 15 is 0 Å². The first-order valence-corrected chi connectivity index (χ1v) is 9.43. The van der Waals surface area contributed by atoms with E-state index in [-0.39, 0.29) is 11.3 Å². The molecule has 5 nitrogen and oxygen atoms in total. The molecule has 0 aliphatic carbocycles. The van der Waals surface area contributed by atoms with Crippen LogP contribution in [0.25, 0.3) is 10.8 Å². The zero-order chi connectivity index (χ0) is 20.3. The number of para-hydroxylation sites is 1. The number of halogens is 1. The summed E-state index contributed by atoms with van der Waals surface area (Å²) < 4.78 is 16.7. The molecular weight excluding hydrogens is 424 g/mol. The highest BCUT2D eigenvalue weighted by Gasteiger charge is 2.25. The fourth-order valence-corrected chi connectivity index (χ4v) is 3.19. The van der Waals surface area contributed by atoms with E-state index in [9.17, 15) is 9.59 Å². The number of fused-ring (bicyclic) bond motifs is 1. The van der Waals surface area contributed by atoms with Crippen molar-refractivity contribution in [2.75, 3.05) is 0 Å². The second-order valence-corrected chi connectivity index (χ2v) is 7.90. The maximum atomic E-state index is 13.0. The van der Waals surface area contributed by atoms with Crippen LogP contribution in [0.15, 0.2) is 65.1 Å². The van der Waals surface area contributed by atoms with Crippen LogP contribution in [0.4, 0.5) is 4.79 Å². The van der Waals surface area contributed by atoms with Crippen molar-refractivity contribution in [3.8, 4) is 11.5 Å². The molecule has 0 saturated carbocycles. The van der Waals surface area contributed by atoms with Crippen LogP contribution in [-0.4, -0.2) is 17.7 Å². The largest absolute Gasteiger partial charge is 0.514 e. The van der Waals surface area contributed by atoms with Gasteiger partial charge in [0.1, 0.15) is 22.7 Å². The summed E-state index contributed by atoms with van der Waals surface area (Å²) in [5.41, 5.74) is -0.584. The molecule has 0 atom stereocenters. The Morgan fingerprint density at radius 3 is 2.25 bits per heavy atom. The van der Waals surface area contributed by atoms with E-state index in [1.807, 2.05) is 18.2 Å². The lowest BCUT2D eigenvalue weighted by atomic mass is 10.0. The highest BCUT2D eigenvalue weighted by atomic mass is 79.9. The molecule has 6 heteroatoms. The second kappa shape index (κ2) is 8.02. The monoisotopic (exact) mass is 442 g/mol. The van der Waals surface area contributed by atoms with Crippen LogP contribution >= 0.6 is 15.9 Å². The third kappa shape index (κ3) is 4.70. The molecule has 3 aromatic rings. The Bertz CT molecular complexity index is 1020. The molecule has 0 unspecified atom stereocenters. The Balaban J connectivity index is 2.06.